The van der Waals surface area contributed by atoms with Gasteiger partial charge in [-0.15, -0.1) is 0 Å². The molecule has 0 radical (unpaired) electrons. The first-order valence-electron chi connectivity index (χ1n) is 5.29. The maximum absolute atomic E-state index is 11.6. The molecule has 1 fully saturated rings. The van der Waals surface area contributed by atoms with E-state index < -0.39 is 0 Å². The second kappa shape index (κ2) is 3.92. The molecule has 1 aromatic heterocycles. The number of rotatable bonds is 4. The Labute approximate surface area is 87.6 Å². The molecule has 0 saturated heterocycles. The fraction of sp³-hybridized carbons (Fsp3) is 0.600. The van der Waals surface area contributed by atoms with Crippen LogP contribution in [-0.4, -0.2) is 21.1 Å². The predicted octanol–water partition coefficient (Wildman–Crippen LogP) is 1.00. The van der Waals surface area contributed by atoms with Crippen molar-refractivity contribution in [3.05, 3.63) is 15.9 Å². The first-order chi connectivity index (χ1) is 7.20. The van der Waals surface area contributed by atoms with Crippen molar-refractivity contribution in [1.82, 2.24) is 9.97 Å². The largest absolute Gasteiger partial charge is 0.493 e. The third-order valence-electron chi connectivity index (χ3n) is 2.41. The number of hydrogen-bond donors (Lipinski definition) is 3. The summed E-state index contributed by atoms with van der Waals surface area (Å²) in [6, 6.07) is 0.407. The molecule has 0 amide bonds. The van der Waals surface area contributed by atoms with Crippen LogP contribution < -0.4 is 10.9 Å². The fourth-order valence-corrected chi connectivity index (χ4v) is 1.45. The molecule has 2 rings (SSSR count). The molecule has 0 unspecified atom stereocenters. The molecule has 1 aliphatic rings. The van der Waals surface area contributed by atoms with E-state index >= 15 is 0 Å². The lowest BCUT2D eigenvalue weighted by molar-refractivity contribution is 0.443. The molecule has 1 aliphatic carbocycles. The van der Waals surface area contributed by atoms with E-state index in [4.69, 9.17) is 0 Å². The number of aromatic hydroxyl groups is 1. The van der Waals surface area contributed by atoms with Crippen LogP contribution in [0, 0.1) is 0 Å². The number of nitrogens with one attached hydrogen (secondary N) is 2. The highest BCUT2D eigenvalue weighted by Crippen LogP contribution is 2.23. The highest BCUT2D eigenvalue weighted by molar-refractivity contribution is 5.34. The van der Waals surface area contributed by atoms with Crippen molar-refractivity contribution in [2.24, 2.45) is 0 Å². The zero-order valence-electron chi connectivity index (χ0n) is 8.71. The van der Waals surface area contributed by atoms with Gasteiger partial charge in [-0.3, -0.25) is 9.78 Å². The van der Waals surface area contributed by atoms with Crippen LogP contribution in [0.1, 0.15) is 31.7 Å². The lowest BCUT2D eigenvalue weighted by atomic mass is 10.2. The van der Waals surface area contributed by atoms with Gasteiger partial charge in [0.05, 0.1) is 5.56 Å². The molecule has 5 heteroatoms. The van der Waals surface area contributed by atoms with Crippen LogP contribution in [0.2, 0.25) is 0 Å². The van der Waals surface area contributed by atoms with Crippen LogP contribution in [0.4, 0.5) is 5.95 Å². The van der Waals surface area contributed by atoms with Crippen molar-refractivity contribution in [3.63, 3.8) is 0 Å². The van der Waals surface area contributed by atoms with Gasteiger partial charge in [0.15, 0.2) is 0 Å². The van der Waals surface area contributed by atoms with Gasteiger partial charge in [-0.05, 0) is 19.3 Å². The summed E-state index contributed by atoms with van der Waals surface area (Å²) in [6.07, 6.45) is 3.56. The lowest BCUT2D eigenvalue weighted by Gasteiger charge is -2.06. The van der Waals surface area contributed by atoms with Gasteiger partial charge in [0.2, 0.25) is 11.8 Å². The van der Waals surface area contributed by atoms with Gasteiger partial charge in [-0.25, -0.2) is 0 Å². The Morgan fingerprint density at radius 1 is 1.60 bits per heavy atom. The van der Waals surface area contributed by atoms with E-state index in [-0.39, 0.29) is 11.4 Å². The van der Waals surface area contributed by atoms with E-state index in [1.54, 1.807) is 0 Å². The molecule has 15 heavy (non-hydrogen) atoms. The number of anilines is 1. The van der Waals surface area contributed by atoms with Crippen LogP contribution >= 0.6 is 0 Å². The predicted molar refractivity (Wildman–Crippen MR) is 57.2 cm³/mol. The summed E-state index contributed by atoms with van der Waals surface area (Å²) in [5.74, 6) is 0.226. The summed E-state index contributed by atoms with van der Waals surface area (Å²) in [7, 11) is 0. The minimum atomic E-state index is -0.243. The van der Waals surface area contributed by atoms with Gasteiger partial charge < -0.3 is 10.4 Å². The average molecular weight is 209 g/mol. The molecule has 1 heterocycles. The highest BCUT2D eigenvalue weighted by atomic mass is 16.3. The summed E-state index contributed by atoms with van der Waals surface area (Å²) in [4.78, 5) is 18.1. The zero-order valence-corrected chi connectivity index (χ0v) is 8.71. The van der Waals surface area contributed by atoms with Crippen LogP contribution in [0.15, 0.2) is 4.79 Å². The molecular formula is C10H15N3O2. The summed E-state index contributed by atoms with van der Waals surface area (Å²) >= 11 is 0. The van der Waals surface area contributed by atoms with E-state index in [1.165, 1.54) is 0 Å². The van der Waals surface area contributed by atoms with E-state index in [1.807, 2.05) is 6.92 Å². The van der Waals surface area contributed by atoms with E-state index in [9.17, 15) is 9.90 Å². The first kappa shape index (κ1) is 10.0. The van der Waals surface area contributed by atoms with Gasteiger partial charge in [0.1, 0.15) is 0 Å². The Hall–Kier alpha value is -1.52. The third kappa shape index (κ3) is 2.29. The van der Waals surface area contributed by atoms with E-state index in [0.717, 1.165) is 19.3 Å². The number of H-pyrrole nitrogens is 1. The van der Waals surface area contributed by atoms with Gasteiger partial charge in [0, 0.05) is 6.04 Å². The molecular weight excluding hydrogens is 194 g/mol. The zero-order chi connectivity index (χ0) is 10.8. The molecule has 0 atom stereocenters. The molecule has 82 valence electrons. The van der Waals surface area contributed by atoms with Crippen molar-refractivity contribution in [1.29, 1.82) is 0 Å². The third-order valence-corrected chi connectivity index (χ3v) is 2.41. The van der Waals surface area contributed by atoms with Crippen LogP contribution in [0.5, 0.6) is 5.88 Å². The molecule has 5 nitrogen and oxygen atoms in total. The number of hydrogen-bond acceptors (Lipinski definition) is 4. The molecule has 3 N–H and O–H groups in total. The summed E-state index contributed by atoms with van der Waals surface area (Å²) < 4.78 is 0. The first-order valence-corrected chi connectivity index (χ1v) is 5.29. The van der Waals surface area contributed by atoms with Crippen molar-refractivity contribution in [2.75, 3.05) is 5.32 Å². The average Bonchev–Trinajstić information content (AvgIpc) is 2.95. The summed E-state index contributed by atoms with van der Waals surface area (Å²) in [5.41, 5.74) is 0.131. The lowest BCUT2D eigenvalue weighted by Crippen LogP contribution is -2.18. The molecule has 1 saturated carbocycles. The Morgan fingerprint density at radius 3 is 2.87 bits per heavy atom. The minimum Gasteiger partial charge on any atom is -0.493 e. The van der Waals surface area contributed by atoms with Crippen molar-refractivity contribution in [3.8, 4) is 5.88 Å². The SMILES string of the molecule is CCCc1c(O)nc(NC2CC2)[nH]c1=O. The number of aromatic amines is 1. The Morgan fingerprint density at radius 2 is 2.33 bits per heavy atom. The minimum absolute atomic E-state index is 0.149. The molecule has 0 bridgehead atoms. The fourth-order valence-electron chi connectivity index (χ4n) is 1.45. The van der Waals surface area contributed by atoms with Gasteiger partial charge in [-0.1, -0.05) is 13.3 Å². The van der Waals surface area contributed by atoms with Crippen LogP contribution in [0.3, 0.4) is 0 Å². The maximum Gasteiger partial charge on any atom is 0.259 e. The van der Waals surface area contributed by atoms with E-state index in [2.05, 4.69) is 15.3 Å². The monoisotopic (exact) mass is 209 g/mol. The Balaban J connectivity index is 2.24. The standard InChI is InChI=1S/C10H15N3O2/c1-2-3-7-8(14)12-10(13-9(7)15)11-6-4-5-6/h6H,2-5H2,1H3,(H3,11,12,13,14,15). The van der Waals surface area contributed by atoms with E-state index in [0.29, 0.717) is 24.0 Å². The smallest absolute Gasteiger partial charge is 0.259 e. The Kier molecular flexibility index (Phi) is 2.62. The Bertz CT molecular complexity index is 410. The maximum atomic E-state index is 11.6. The van der Waals surface area contributed by atoms with Gasteiger partial charge in [0.25, 0.3) is 5.56 Å². The molecule has 0 aromatic carbocycles. The van der Waals surface area contributed by atoms with Crippen molar-refractivity contribution in [2.45, 2.75) is 38.6 Å². The highest BCUT2D eigenvalue weighted by Gasteiger charge is 2.22. The van der Waals surface area contributed by atoms with Gasteiger partial charge in [-0.2, -0.15) is 4.98 Å². The molecule has 1 aromatic rings. The molecule has 0 spiro atoms. The molecule has 0 aliphatic heterocycles. The van der Waals surface area contributed by atoms with Crippen LogP contribution in [0.25, 0.3) is 0 Å². The quantitative estimate of drug-likeness (QED) is 0.691. The van der Waals surface area contributed by atoms with Crippen molar-refractivity contribution >= 4 is 5.95 Å². The normalized spacial score (nSPS) is 15.3. The topological polar surface area (TPSA) is 78.0 Å². The number of nitrogens with zero attached hydrogens (tertiary/aromatic N) is 1. The van der Waals surface area contributed by atoms with Gasteiger partial charge >= 0.3 is 0 Å². The number of aromatic nitrogens is 2. The van der Waals surface area contributed by atoms with Crippen LogP contribution in [-0.2, 0) is 6.42 Å². The summed E-state index contributed by atoms with van der Waals surface area (Å²) in [5, 5.41) is 12.6. The van der Waals surface area contributed by atoms with Crippen molar-refractivity contribution < 1.29 is 5.11 Å². The second-order valence-corrected chi connectivity index (χ2v) is 3.89. The second-order valence-electron chi connectivity index (χ2n) is 3.89. The summed E-state index contributed by atoms with van der Waals surface area (Å²) in [6.45, 7) is 1.95.